The SMILES string of the molecule is Cc1cc(Br)c(NC(=O)CN2C(=O)N[C@]3(CCOc4ccccc43)C2=O)c(Br)c1. The molecule has 0 saturated carbocycles. The number of halogens is 2. The number of anilines is 1. The minimum atomic E-state index is -1.20. The number of rotatable bonds is 3. The van der Waals surface area contributed by atoms with Gasteiger partial charge in [0.05, 0.1) is 12.3 Å². The van der Waals surface area contributed by atoms with Gasteiger partial charge in [-0.1, -0.05) is 18.2 Å². The Labute approximate surface area is 184 Å². The summed E-state index contributed by atoms with van der Waals surface area (Å²) in [4.78, 5) is 39.4. The predicted molar refractivity (Wildman–Crippen MR) is 114 cm³/mol. The van der Waals surface area contributed by atoms with E-state index in [0.29, 0.717) is 39.0 Å². The average molecular weight is 523 g/mol. The van der Waals surface area contributed by atoms with Crippen LogP contribution in [0.25, 0.3) is 0 Å². The summed E-state index contributed by atoms with van der Waals surface area (Å²) >= 11 is 6.84. The van der Waals surface area contributed by atoms with Crippen LogP contribution in [0.15, 0.2) is 45.3 Å². The Hall–Kier alpha value is -2.39. The Morgan fingerprint density at radius 1 is 1.24 bits per heavy atom. The van der Waals surface area contributed by atoms with Gasteiger partial charge >= 0.3 is 6.03 Å². The second kappa shape index (κ2) is 7.46. The van der Waals surface area contributed by atoms with Gasteiger partial charge in [0.1, 0.15) is 12.3 Å². The zero-order valence-corrected chi connectivity index (χ0v) is 18.6. The van der Waals surface area contributed by atoms with E-state index in [-0.39, 0.29) is 6.54 Å². The van der Waals surface area contributed by atoms with Crippen LogP contribution in [0.3, 0.4) is 0 Å². The summed E-state index contributed by atoms with van der Waals surface area (Å²) in [6.45, 7) is 1.84. The normalized spacial score (nSPS) is 20.3. The molecule has 1 saturated heterocycles. The van der Waals surface area contributed by atoms with Crippen molar-refractivity contribution < 1.29 is 19.1 Å². The van der Waals surface area contributed by atoms with Crippen molar-refractivity contribution in [3.8, 4) is 5.75 Å². The van der Waals surface area contributed by atoms with Crippen molar-refractivity contribution in [2.75, 3.05) is 18.5 Å². The summed E-state index contributed by atoms with van der Waals surface area (Å²) in [5, 5.41) is 5.54. The molecule has 7 nitrogen and oxygen atoms in total. The van der Waals surface area contributed by atoms with E-state index < -0.39 is 23.4 Å². The Bertz CT molecular complexity index is 1020. The van der Waals surface area contributed by atoms with Crippen LogP contribution >= 0.6 is 31.9 Å². The molecule has 29 heavy (non-hydrogen) atoms. The summed E-state index contributed by atoms with van der Waals surface area (Å²) in [6.07, 6.45) is 0.307. The number of urea groups is 1. The standard InChI is InChI=1S/C20H17Br2N3O4/c1-11-8-13(21)17(14(22)9-11)23-16(26)10-25-18(27)20(24-19(25)28)6-7-29-15-5-3-2-4-12(15)20/h2-5,8-9H,6-7,10H2,1H3,(H,23,26)(H,24,28)/t20-/m0/s1. The largest absolute Gasteiger partial charge is 0.493 e. The smallest absolute Gasteiger partial charge is 0.325 e. The lowest BCUT2D eigenvalue weighted by atomic mass is 9.84. The fourth-order valence-electron chi connectivity index (χ4n) is 3.66. The predicted octanol–water partition coefficient (Wildman–Crippen LogP) is 3.69. The zero-order valence-electron chi connectivity index (χ0n) is 15.4. The van der Waals surface area contributed by atoms with Crippen molar-refractivity contribution in [3.63, 3.8) is 0 Å². The molecule has 0 unspecified atom stereocenters. The van der Waals surface area contributed by atoms with E-state index >= 15 is 0 Å². The van der Waals surface area contributed by atoms with Crippen molar-refractivity contribution in [3.05, 3.63) is 56.5 Å². The van der Waals surface area contributed by atoms with Gasteiger partial charge in [-0.15, -0.1) is 0 Å². The number of aryl methyl sites for hydroxylation is 1. The molecule has 1 spiro atoms. The number of fused-ring (bicyclic) bond motifs is 2. The third-order valence-corrected chi connectivity index (χ3v) is 6.26. The Morgan fingerprint density at radius 2 is 1.93 bits per heavy atom. The lowest BCUT2D eigenvalue weighted by Gasteiger charge is -2.33. The van der Waals surface area contributed by atoms with E-state index in [2.05, 4.69) is 42.5 Å². The number of amides is 4. The van der Waals surface area contributed by atoms with E-state index in [4.69, 9.17) is 4.74 Å². The monoisotopic (exact) mass is 521 g/mol. The van der Waals surface area contributed by atoms with Crippen LogP contribution in [0.2, 0.25) is 0 Å². The second-order valence-corrected chi connectivity index (χ2v) is 8.68. The number of nitrogens with zero attached hydrogens (tertiary/aromatic N) is 1. The molecule has 0 radical (unpaired) electrons. The molecule has 2 aliphatic heterocycles. The highest BCUT2D eigenvalue weighted by Gasteiger charge is 2.55. The number of carbonyl (C=O) groups is 3. The Kier molecular flexibility index (Phi) is 5.12. The molecule has 4 rings (SSSR count). The lowest BCUT2D eigenvalue weighted by molar-refractivity contribution is -0.135. The maximum atomic E-state index is 13.2. The first-order valence-electron chi connectivity index (χ1n) is 8.94. The van der Waals surface area contributed by atoms with E-state index in [1.165, 1.54) is 0 Å². The number of ether oxygens (including phenoxy) is 1. The summed E-state index contributed by atoms with van der Waals surface area (Å²) < 4.78 is 7.01. The first-order chi connectivity index (χ1) is 13.8. The van der Waals surface area contributed by atoms with Crippen molar-refractivity contribution in [1.82, 2.24) is 10.2 Å². The number of hydrogen-bond acceptors (Lipinski definition) is 4. The van der Waals surface area contributed by atoms with Crippen molar-refractivity contribution >= 4 is 55.4 Å². The molecule has 2 aromatic carbocycles. The van der Waals surface area contributed by atoms with Crippen LogP contribution in [-0.2, 0) is 15.1 Å². The average Bonchev–Trinajstić information content (AvgIpc) is 2.90. The summed E-state index contributed by atoms with van der Waals surface area (Å²) in [5.74, 6) is -0.363. The van der Waals surface area contributed by atoms with Crippen LogP contribution in [0.4, 0.5) is 10.5 Å². The van der Waals surface area contributed by atoms with Crippen LogP contribution in [0, 0.1) is 6.92 Å². The van der Waals surface area contributed by atoms with Crippen molar-refractivity contribution in [2.24, 2.45) is 0 Å². The molecule has 2 aromatic rings. The highest BCUT2D eigenvalue weighted by atomic mass is 79.9. The van der Waals surface area contributed by atoms with Gasteiger partial charge < -0.3 is 15.4 Å². The molecule has 150 valence electrons. The van der Waals surface area contributed by atoms with Crippen molar-refractivity contribution in [1.29, 1.82) is 0 Å². The van der Waals surface area contributed by atoms with Gasteiger partial charge in [-0.05, 0) is 62.5 Å². The highest BCUT2D eigenvalue weighted by molar-refractivity contribution is 9.11. The lowest BCUT2D eigenvalue weighted by Crippen LogP contribution is -2.48. The van der Waals surface area contributed by atoms with Gasteiger partial charge in [-0.3, -0.25) is 14.5 Å². The number of nitrogens with one attached hydrogen (secondary N) is 2. The number of imide groups is 1. The summed E-state index contributed by atoms with van der Waals surface area (Å²) in [5.41, 5.74) is 0.961. The molecular formula is C20H17Br2N3O4. The molecule has 9 heteroatoms. The second-order valence-electron chi connectivity index (χ2n) is 6.97. The van der Waals surface area contributed by atoms with Gasteiger partial charge in [0, 0.05) is 20.9 Å². The van der Waals surface area contributed by atoms with Crippen LogP contribution < -0.4 is 15.4 Å². The van der Waals surface area contributed by atoms with Crippen LogP contribution in [-0.4, -0.2) is 35.9 Å². The summed E-state index contributed by atoms with van der Waals surface area (Å²) in [6, 6.07) is 10.3. The molecule has 2 aliphatic rings. The molecule has 0 aromatic heterocycles. The first kappa shape index (κ1) is 19.9. The van der Waals surface area contributed by atoms with E-state index in [1.807, 2.05) is 25.1 Å². The third kappa shape index (κ3) is 3.42. The molecule has 1 fully saturated rings. The topological polar surface area (TPSA) is 87.7 Å². The highest BCUT2D eigenvalue weighted by Crippen LogP contribution is 2.41. The Morgan fingerprint density at radius 3 is 2.66 bits per heavy atom. The van der Waals surface area contributed by atoms with Crippen LogP contribution in [0.5, 0.6) is 5.75 Å². The maximum absolute atomic E-state index is 13.2. The third-order valence-electron chi connectivity index (χ3n) is 5.01. The van der Waals surface area contributed by atoms with Gasteiger partial charge in [-0.2, -0.15) is 0 Å². The zero-order chi connectivity index (χ0) is 20.8. The molecule has 2 heterocycles. The van der Waals surface area contributed by atoms with E-state index in [9.17, 15) is 14.4 Å². The number of para-hydroxylation sites is 1. The molecule has 0 aliphatic carbocycles. The molecular weight excluding hydrogens is 506 g/mol. The van der Waals surface area contributed by atoms with Gasteiger partial charge in [0.25, 0.3) is 5.91 Å². The van der Waals surface area contributed by atoms with E-state index in [1.54, 1.807) is 18.2 Å². The molecule has 2 N–H and O–H groups in total. The van der Waals surface area contributed by atoms with Gasteiger partial charge in [-0.25, -0.2) is 4.79 Å². The fourth-order valence-corrected chi connectivity index (χ4v) is 5.27. The van der Waals surface area contributed by atoms with E-state index in [0.717, 1.165) is 10.5 Å². The minimum Gasteiger partial charge on any atom is -0.493 e. The minimum absolute atomic E-state index is 0.298. The quantitative estimate of drug-likeness (QED) is 0.602. The van der Waals surface area contributed by atoms with Crippen molar-refractivity contribution in [2.45, 2.75) is 18.9 Å². The van der Waals surface area contributed by atoms with Crippen LogP contribution in [0.1, 0.15) is 17.5 Å². The first-order valence-corrected chi connectivity index (χ1v) is 10.5. The molecule has 4 amide bonds. The molecule has 1 atom stereocenters. The molecule has 0 bridgehead atoms. The van der Waals surface area contributed by atoms with Gasteiger partial charge in [0.2, 0.25) is 5.91 Å². The number of carbonyl (C=O) groups excluding carboxylic acids is 3. The fraction of sp³-hybridized carbons (Fsp3) is 0.250. The summed E-state index contributed by atoms with van der Waals surface area (Å²) in [7, 11) is 0. The Balaban J connectivity index is 1.56. The maximum Gasteiger partial charge on any atom is 0.325 e. The number of benzene rings is 2. The number of hydrogen-bond donors (Lipinski definition) is 2. The van der Waals surface area contributed by atoms with Gasteiger partial charge in [0.15, 0.2) is 5.54 Å².